The van der Waals surface area contributed by atoms with Gasteiger partial charge in [0.2, 0.25) is 47.3 Å². The fraction of sp³-hybridized carbons (Fsp3) is 0.755. The van der Waals surface area contributed by atoms with Gasteiger partial charge in [0.05, 0.1) is 47.3 Å². The molecule has 0 radical (unpaired) electrons. The molecule has 0 N–H and O–H groups in total. The van der Waals surface area contributed by atoms with Gasteiger partial charge in [0.1, 0.15) is 0 Å². The van der Waals surface area contributed by atoms with Gasteiger partial charge in [-0.3, -0.25) is 58.0 Å². The van der Waals surface area contributed by atoms with Crippen LogP contribution in [0.5, 0.6) is 0 Å². The maximum atomic E-state index is 15.7. The average Bonchev–Trinajstić information content (AvgIpc) is 4.18. The number of allylic oxidation sites excluding steroid dienone is 4. The number of nitrogens with zero attached hydrogens (tertiary/aromatic N) is 4. The molecule has 14 unspecified atom stereocenters. The molecular weight excluding hydrogens is 887 g/mol. The molecule has 14 atom stereocenters. The monoisotopic (exact) mass is 940 g/mol. The number of hydrogen-bond donors (Lipinski definition) is 0. The van der Waals surface area contributed by atoms with E-state index in [1.165, 1.54) is 9.80 Å². The fourth-order valence-corrected chi connectivity index (χ4v) is 17.1. The van der Waals surface area contributed by atoms with E-state index in [2.05, 4.69) is 0 Å². The van der Waals surface area contributed by atoms with Gasteiger partial charge in [-0.15, -0.1) is 0 Å². The first-order valence-electron chi connectivity index (χ1n) is 24.8. The number of fused-ring (bicyclic) bond motifs is 12. The van der Waals surface area contributed by atoms with Crippen molar-refractivity contribution in [2.24, 2.45) is 88.3 Å². The lowest BCUT2D eigenvalue weighted by Crippen LogP contribution is -2.61. The highest BCUT2D eigenvalue weighted by Crippen LogP contribution is 2.67. The number of halogens is 6. The van der Waals surface area contributed by atoms with Crippen LogP contribution in [0.2, 0.25) is 0 Å². The molecule has 4 aliphatic heterocycles. The van der Waals surface area contributed by atoms with E-state index in [9.17, 15) is 38.4 Å². The van der Waals surface area contributed by atoms with Crippen LogP contribution in [0.1, 0.15) is 103 Å². The number of carbonyl (C=O) groups excluding carboxylic acids is 8. The lowest BCUT2D eigenvalue weighted by molar-refractivity contribution is -0.383. The molecule has 4 saturated heterocycles. The van der Waals surface area contributed by atoms with Crippen LogP contribution < -0.4 is 0 Å². The molecule has 12 aliphatic rings. The molecule has 0 aromatic rings. The Morgan fingerprint density at radius 1 is 0.328 bits per heavy atom. The molecule has 12 rings (SSSR count). The first-order valence-corrected chi connectivity index (χ1v) is 24.8. The van der Waals surface area contributed by atoms with Crippen molar-refractivity contribution in [2.45, 2.75) is 139 Å². The summed E-state index contributed by atoms with van der Waals surface area (Å²) in [6.07, 6.45) is -3.51. The zero-order valence-corrected chi connectivity index (χ0v) is 36.8. The van der Waals surface area contributed by atoms with E-state index < -0.39 is 127 Å². The van der Waals surface area contributed by atoms with Crippen LogP contribution in [0.4, 0.5) is 26.3 Å². The molecule has 0 aromatic heterocycles. The molecule has 18 heteroatoms. The summed E-state index contributed by atoms with van der Waals surface area (Å²) >= 11 is 0. The van der Waals surface area contributed by atoms with Crippen molar-refractivity contribution in [3.8, 4) is 0 Å². The Labute approximate surface area is 382 Å². The second-order valence-corrected chi connectivity index (χ2v) is 22.4. The number of hydrogen-bond acceptors (Lipinski definition) is 8. The molecule has 8 amide bonds. The van der Waals surface area contributed by atoms with Gasteiger partial charge in [-0.05, 0) is 138 Å². The number of amides is 8. The van der Waals surface area contributed by atoms with Crippen molar-refractivity contribution in [3.63, 3.8) is 0 Å². The summed E-state index contributed by atoms with van der Waals surface area (Å²) in [6, 6.07) is -2.19. The van der Waals surface area contributed by atoms with E-state index >= 15 is 26.3 Å². The SMILES string of the molecule is O=C1C2CCC(C(C3CCC4C(=O)N(C5CCC(N6C(=O)C7C8C=CC(C8)C7C6=O)CC5)C(=O)C4C3)(C(F)(F)F)C(F)(F)F)CC2C(=O)N1C1CCC(N2C(=O)C3C4C=CC(C4)C3C2=O)CC1. The van der Waals surface area contributed by atoms with Crippen molar-refractivity contribution < 1.29 is 64.7 Å². The lowest BCUT2D eigenvalue weighted by atomic mass is 9.54. The highest BCUT2D eigenvalue weighted by Gasteiger charge is 2.78. The fourth-order valence-electron chi connectivity index (χ4n) is 17.1. The van der Waals surface area contributed by atoms with Gasteiger partial charge in [-0.1, -0.05) is 24.3 Å². The van der Waals surface area contributed by atoms with Crippen molar-refractivity contribution >= 4 is 47.3 Å². The molecule has 0 spiro atoms. The Morgan fingerprint density at radius 3 is 0.851 bits per heavy atom. The van der Waals surface area contributed by atoms with Gasteiger partial charge in [-0.2, -0.15) is 26.3 Å². The van der Waals surface area contributed by atoms with Gasteiger partial charge in [0.15, 0.2) is 5.41 Å². The smallest absolute Gasteiger partial charge is 0.279 e. The third-order valence-corrected chi connectivity index (χ3v) is 19.9. The molecule has 0 aromatic carbocycles. The Kier molecular flexibility index (Phi) is 9.70. The van der Waals surface area contributed by atoms with Crippen molar-refractivity contribution in [3.05, 3.63) is 24.3 Å². The largest absolute Gasteiger partial charge is 0.403 e. The predicted octanol–water partition coefficient (Wildman–Crippen LogP) is 6.14. The molecule has 10 fully saturated rings. The molecular formula is C49H54F6N4O8. The maximum absolute atomic E-state index is 15.7. The molecule has 8 aliphatic carbocycles. The minimum Gasteiger partial charge on any atom is -0.279 e. The number of likely N-dealkylation sites (tertiary alicyclic amines) is 4. The van der Waals surface area contributed by atoms with E-state index in [0.717, 1.165) is 22.6 Å². The van der Waals surface area contributed by atoms with Crippen LogP contribution in [0.25, 0.3) is 0 Å². The van der Waals surface area contributed by atoms with Crippen molar-refractivity contribution in [2.75, 3.05) is 0 Å². The minimum absolute atomic E-state index is 0.0297. The third kappa shape index (κ3) is 5.84. The van der Waals surface area contributed by atoms with Gasteiger partial charge in [0, 0.05) is 24.2 Å². The average molecular weight is 941 g/mol. The molecule has 67 heavy (non-hydrogen) atoms. The highest BCUT2D eigenvalue weighted by molar-refractivity contribution is 6.08. The summed E-state index contributed by atoms with van der Waals surface area (Å²) in [5.74, 6) is -14.2. The maximum Gasteiger partial charge on any atom is 0.403 e. The predicted molar refractivity (Wildman–Crippen MR) is 218 cm³/mol. The summed E-state index contributed by atoms with van der Waals surface area (Å²) in [5, 5.41) is 0. The van der Waals surface area contributed by atoms with Crippen LogP contribution in [0.3, 0.4) is 0 Å². The Bertz CT molecular complexity index is 2100. The van der Waals surface area contributed by atoms with E-state index in [1.54, 1.807) is 0 Å². The molecule has 6 saturated carbocycles. The van der Waals surface area contributed by atoms with E-state index in [4.69, 9.17) is 0 Å². The van der Waals surface area contributed by atoms with Crippen LogP contribution in [0.15, 0.2) is 24.3 Å². The molecule has 12 nitrogen and oxygen atoms in total. The number of rotatable bonds is 6. The first-order chi connectivity index (χ1) is 31.8. The summed E-state index contributed by atoms with van der Waals surface area (Å²) in [6.45, 7) is 0. The van der Waals surface area contributed by atoms with Crippen molar-refractivity contribution in [1.82, 2.24) is 19.6 Å². The van der Waals surface area contributed by atoms with Crippen molar-refractivity contribution in [1.29, 1.82) is 0 Å². The quantitative estimate of drug-likeness (QED) is 0.175. The summed E-state index contributed by atoms with van der Waals surface area (Å²) in [4.78, 5) is 115. The van der Waals surface area contributed by atoms with E-state index in [0.29, 0.717) is 25.7 Å². The van der Waals surface area contributed by atoms with Gasteiger partial charge in [-0.25, -0.2) is 0 Å². The summed E-state index contributed by atoms with van der Waals surface area (Å²) in [7, 11) is 0. The number of carbonyl (C=O) groups is 8. The first kappa shape index (κ1) is 43.9. The van der Waals surface area contributed by atoms with Gasteiger partial charge < -0.3 is 0 Å². The van der Waals surface area contributed by atoms with Gasteiger partial charge >= 0.3 is 12.4 Å². The zero-order chi connectivity index (χ0) is 47.0. The van der Waals surface area contributed by atoms with E-state index in [-0.39, 0.29) is 109 Å². The standard InChI is InChI=1S/C49H54F6N4O8/c50-48(51,52)47(49(53,54)55,25-5-15-31-33(19-25)41(62)56(39(31)60)27-7-11-29(12-8-27)58-43(64)35-21-1-2-22(17-21)36(35)44(58)65)26-6-16-32-34(20-26)42(63)57(40(32)61)28-9-13-30(14-10-28)59-45(66)37-23-3-4-24(18-23)38(37)46(59)67/h1-4,21-38H,5-20H2. The van der Waals surface area contributed by atoms with Crippen LogP contribution >= 0.6 is 0 Å². The number of alkyl halides is 6. The Hall–Kier alpha value is -4.38. The zero-order valence-electron chi connectivity index (χ0n) is 36.8. The minimum atomic E-state index is -5.86. The lowest BCUT2D eigenvalue weighted by Gasteiger charge is -2.52. The Morgan fingerprint density at radius 2 is 0.582 bits per heavy atom. The van der Waals surface area contributed by atoms with Crippen LogP contribution in [0, 0.1) is 88.3 Å². The van der Waals surface area contributed by atoms with Crippen LogP contribution in [-0.2, 0) is 38.4 Å². The highest BCUT2D eigenvalue weighted by atomic mass is 19.4. The molecule has 4 bridgehead atoms. The Balaban J connectivity index is 0.725. The van der Waals surface area contributed by atoms with Gasteiger partial charge in [0.25, 0.3) is 0 Å². The third-order valence-electron chi connectivity index (χ3n) is 19.9. The topological polar surface area (TPSA) is 150 Å². The van der Waals surface area contributed by atoms with E-state index in [1.807, 2.05) is 24.3 Å². The van der Waals surface area contributed by atoms with Crippen LogP contribution in [-0.4, -0.2) is 103 Å². The molecule has 360 valence electrons. The molecule has 4 heterocycles. The second kappa shape index (κ2) is 14.8. The normalized spacial score (nSPS) is 44.8. The summed E-state index contributed by atoms with van der Waals surface area (Å²) < 4.78 is 94.4. The summed E-state index contributed by atoms with van der Waals surface area (Å²) in [5.41, 5.74) is -4.32. The second-order valence-electron chi connectivity index (χ2n) is 22.4. The number of imide groups is 4.